The minimum Gasteiger partial charge on any atom is -0.491 e. The lowest BCUT2D eigenvalue weighted by atomic mass is 9.92. The highest BCUT2D eigenvalue weighted by Crippen LogP contribution is 2.30. The monoisotopic (exact) mass is 400 g/mol. The molecule has 1 fully saturated rings. The second-order valence-corrected chi connectivity index (χ2v) is 6.42. The van der Waals surface area contributed by atoms with Crippen molar-refractivity contribution in [2.24, 2.45) is 0 Å². The number of carbonyl (C=O) groups is 2. The molecule has 150 valence electrons. The van der Waals surface area contributed by atoms with Crippen molar-refractivity contribution in [1.29, 1.82) is 0 Å². The van der Waals surface area contributed by atoms with Gasteiger partial charge in [0.1, 0.15) is 17.9 Å². The van der Waals surface area contributed by atoms with E-state index in [0.717, 1.165) is 4.90 Å². The maximum atomic E-state index is 12.8. The van der Waals surface area contributed by atoms with Crippen LogP contribution in [0.2, 0.25) is 0 Å². The van der Waals surface area contributed by atoms with E-state index in [1.807, 2.05) is 0 Å². The van der Waals surface area contributed by atoms with Crippen LogP contribution >= 0.6 is 0 Å². The van der Waals surface area contributed by atoms with Gasteiger partial charge in [-0.25, -0.2) is 4.79 Å². The first-order valence-electron chi connectivity index (χ1n) is 8.48. The Morgan fingerprint density at radius 3 is 2.31 bits per heavy atom. The molecule has 0 radical (unpaired) electrons. The largest absolute Gasteiger partial charge is 0.491 e. The van der Waals surface area contributed by atoms with E-state index in [1.165, 1.54) is 55.5 Å². The van der Waals surface area contributed by atoms with Crippen LogP contribution in [0.25, 0.3) is 0 Å². The first-order valence-corrected chi connectivity index (χ1v) is 8.48. The number of rotatable bonds is 7. The lowest BCUT2D eigenvalue weighted by molar-refractivity contribution is -0.385. The van der Waals surface area contributed by atoms with Crippen molar-refractivity contribution in [3.05, 3.63) is 74.3 Å². The van der Waals surface area contributed by atoms with Gasteiger partial charge in [0.15, 0.2) is 0 Å². The number of nitrogens with zero attached hydrogens (tertiary/aromatic N) is 3. The maximum Gasteiger partial charge on any atom is 0.325 e. The van der Waals surface area contributed by atoms with E-state index in [0.29, 0.717) is 5.56 Å². The zero-order valence-electron chi connectivity index (χ0n) is 15.2. The third kappa shape index (κ3) is 3.83. The van der Waals surface area contributed by atoms with Gasteiger partial charge in [0.05, 0.1) is 22.5 Å². The highest BCUT2D eigenvalue weighted by molar-refractivity contribution is 6.07. The summed E-state index contributed by atoms with van der Waals surface area (Å²) in [6.07, 6.45) is 0. The Balaban J connectivity index is 1.68. The molecule has 3 rings (SSSR count). The average Bonchev–Trinajstić information content (AvgIpc) is 2.92. The summed E-state index contributed by atoms with van der Waals surface area (Å²) in [5, 5.41) is 24.2. The van der Waals surface area contributed by atoms with Gasteiger partial charge in [0, 0.05) is 18.2 Å². The number of benzene rings is 2. The molecule has 1 heterocycles. The number of hydrogen-bond acceptors (Lipinski definition) is 7. The second-order valence-electron chi connectivity index (χ2n) is 6.42. The normalized spacial score (nSPS) is 18.4. The third-order valence-electron chi connectivity index (χ3n) is 4.54. The van der Waals surface area contributed by atoms with Crippen LogP contribution in [-0.4, -0.2) is 39.8 Å². The summed E-state index contributed by atoms with van der Waals surface area (Å²) in [7, 11) is 0. The minimum absolute atomic E-state index is 0.0589. The van der Waals surface area contributed by atoms with Crippen molar-refractivity contribution in [2.45, 2.75) is 12.5 Å². The predicted molar refractivity (Wildman–Crippen MR) is 99.3 cm³/mol. The van der Waals surface area contributed by atoms with Gasteiger partial charge in [0.25, 0.3) is 17.3 Å². The molecule has 2 aromatic rings. The Labute approximate surface area is 164 Å². The quantitative estimate of drug-likeness (QED) is 0.426. The molecule has 2 aromatic carbocycles. The number of ether oxygens (including phenoxy) is 1. The van der Waals surface area contributed by atoms with Gasteiger partial charge >= 0.3 is 6.03 Å². The Hall–Kier alpha value is -4.02. The lowest BCUT2D eigenvalue weighted by Crippen LogP contribution is -2.41. The molecule has 1 atom stereocenters. The van der Waals surface area contributed by atoms with E-state index in [-0.39, 0.29) is 30.3 Å². The van der Waals surface area contributed by atoms with Crippen molar-refractivity contribution in [1.82, 2.24) is 10.2 Å². The second kappa shape index (κ2) is 7.54. The highest BCUT2D eigenvalue weighted by Gasteiger charge is 2.48. The molecule has 1 aliphatic heterocycles. The zero-order chi connectivity index (χ0) is 21.2. The predicted octanol–water partition coefficient (Wildman–Crippen LogP) is 2.35. The summed E-state index contributed by atoms with van der Waals surface area (Å²) in [5.74, 6) is -0.289. The van der Waals surface area contributed by atoms with Gasteiger partial charge in [-0.3, -0.25) is 29.9 Å². The van der Waals surface area contributed by atoms with Crippen molar-refractivity contribution in [3.8, 4) is 5.75 Å². The van der Waals surface area contributed by atoms with E-state index in [1.54, 1.807) is 0 Å². The summed E-state index contributed by atoms with van der Waals surface area (Å²) >= 11 is 0. The van der Waals surface area contributed by atoms with Gasteiger partial charge < -0.3 is 10.1 Å². The van der Waals surface area contributed by atoms with Crippen LogP contribution in [-0.2, 0) is 10.3 Å². The summed E-state index contributed by atoms with van der Waals surface area (Å²) < 4.78 is 5.42. The molecule has 1 unspecified atom stereocenters. The van der Waals surface area contributed by atoms with Gasteiger partial charge in [-0.1, -0.05) is 6.07 Å². The minimum atomic E-state index is -1.36. The Kier molecular flexibility index (Phi) is 5.13. The van der Waals surface area contributed by atoms with Gasteiger partial charge in [0.2, 0.25) is 0 Å². The number of nitrogens with one attached hydrogen (secondary N) is 1. The first-order chi connectivity index (χ1) is 13.7. The molecular weight excluding hydrogens is 384 g/mol. The molecule has 0 saturated carbocycles. The lowest BCUT2D eigenvalue weighted by Gasteiger charge is -2.22. The number of nitro benzene ring substituents is 2. The van der Waals surface area contributed by atoms with E-state index in [2.05, 4.69) is 5.32 Å². The molecule has 3 amide bonds. The summed E-state index contributed by atoms with van der Waals surface area (Å²) in [4.78, 5) is 46.5. The molecule has 1 N–H and O–H groups in total. The van der Waals surface area contributed by atoms with E-state index >= 15 is 0 Å². The van der Waals surface area contributed by atoms with Gasteiger partial charge in [-0.2, -0.15) is 0 Å². The SMILES string of the molecule is CC1(c2ccc([N+](=O)[O-])cc2)NC(=O)N(CCOc2cccc([N+](=O)[O-])c2)C1=O. The highest BCUT2D eigenvalue weighted by atomic mass is 16.6. The molecule has 0 bridgehead atoms. The number of amides is 3. The molecule has 1 saturated heterocycles. The molecule has 1 aliphatic rings. The van der Waals surface area contributed by atoms with Crippen LogP contribution in [0.1, 0.15) is 12.5 Å². The van der Waals surface area contributed by atoms with Crippen LogP contribution in [0, 0.1) is 20.2 Å². The van der Waals surface area contributed by atoms with Crippen molar-refractivity contribution >= 4 is 23.3 Å². The van der Waals surface area contributed by atoms with Crippen LogP contribution in [0.4, 0.5) is 16.2 Å². The number of carbonyl (C=O) groups excluding carboxylic acids is 2. The molecule has 11 heteroatoms. The summed E-state index contributed by atoms with van der Waals surface area (Å²) in [6.45, 7) is 1.38. The van der Waals surface area contributed by atoms with Crippen LogP contribution in [0.15, 0.2) is 48.5 Å². The van der Waals surface area contributed by atoms with Crippen LogP contribution in [0.3, 0.4) is 0 Å². The van der Waals surface area contributed by atoms with Crippen LogP contribution < -0.4 is 10.1 Å². The Bertz CT molecular complexity index is 992. The fourth-order valence-electron chi connectivity index (χ4n) is 2.95. The number of non-ortho nitro benzene ring substituents is 2. The molecule has 0 aromatic heterocycles. The summed E-state index contributed by atoms with van der Waals surface area (Å²) in [6, 6.07) is 10.3. The number of urea groups is 1. The molecule has 0 spiro atoms. The molecule has 0 aliphatic carbocycles. The van der Waals surface area contributed by atoms with Gasteiger partial charge in [-0.15, -0.1) is 0 Å². The number of imide groups is 1. The maximum absolute atomic E-state index is 12.8. The van der Waals surface area contributed by atoms with E-state index < -0.39 is 27.3 Å². The average molecular weight is 400 g/mol. The smallest absolute Gasteiger partial charge is 0.325 e. The van der Waals surface area contributed by atoms with E-state index in [9.17, 15) is 29.8 Å². The van der Waals surface area contributed by atoms with Crippen molar-refractivity contribution in [2.75, 3.05) is 13.2 Å². The standard InChI is InChI=1S/C18H16N4O7/c1-18(12-5-7-13(8-6-12)21(25)26)16(23)20(17(24)19-18)9-10-29-15-4-2-3-14(11-15)22(27)28/h2-8,11H,9-10H2,1H3,(H,19,24). The van der Waals surface area contributed by atoms with Crippen molar-refractivity contribution < 1.29 is 24.2 Å². The fourth-order valence-corrected chi connectivity index (χ4v) is 2.95. The molecule has 29 heavy (non-hydrogen) atoms. The number of nitro groups is 2. The Morgan fingerprint density at radius 1 is 1.03 bits per heavy atom. The van der Waals surface area contributed by atoms with E-state index in [4.69, 9.17) is 4.74 Å². The zero-order valence-corrected chi connectivity index (χ0v) is 15.2. The first kappa shape index (κ1) is 19.7. The molecular formula is C18H16N4O7. The molecule has 11 nitrogen and oxygen atoms in total. The van der Waals surface area contributed by atoms with Crippen molar-refractivity contribution in [3.63, 3.8) is 0 Å². The fraction of sp³-hybridized carbons (Fsp3) is 0.222. The summed E-state index contributed by atoms with van der Waals surface area (Å²) in [5.41, 5.74) is -1.22. The van der Waals surface area contributed by atoms with Gasteiger partial charge in [-0.05, 0) is 30.7 Å². The van der Waals surface area contributed by atoms with Crippen LogP contribution in [0.5, 0.6) is 5.75 Å². The third-order valence-corrected chi connectivity index (χ3v) is 4.54. The topological polar surface area (TPSA) is 145 Å². The number of hydrogen-bond donors (Lipinski definition) is 1. The Morgan fingerprint density at radius 2 is 1.69 bits per heavy atom.